The molecule has 1 aromatic carbocycles. The Morgan fingerprint density at radius 2 is 2.00 bits per heavy atom. The highest BCUT2D eigenvalue weighted by atomic mass is 79.9. The Bertz CT molecular complexity index is 554. The average molecular weight is 400 g/mol. The van der Waals surface area contributed by atoms with Crippen molar-refractivity contribution in [1.29, 1.82) is 0 Å². The Kier molecular flexibility index (Phi) is 4.13. The van der Waals surface area contributed by atoms with E-state index in [1.54, 1.807) is 4.68 Å². The zero-order valence-corrected chi connectivity index (χ0v) is 13.3. The van der Waals surface area contributed by atoms with Crippen LogP contribution in [0, 0.1) is 0 Å². The highest BCUT2D eigenvalue weighted by Crippen LogP contribution is 2.34. The maximum Gasteiger partial charge on any atom is 0.0965 e. The molecule has 0 aliphatic heterocycles. The second-order valence-electron chi connectivity index (χ2n) is 3.40. The number of rotatable bonds is 2. The fraction of sp³-hybridized carbons (Fsp3) is 0.200. The Labute approximate surface area is 125 Å². The molecule has 3 nitrogen and oxygen atoms in total. The van der Waals surface area contributed by atoms with E-state index in [9.17, 15) is 0 Å². The standard InChI is InChI=1S/C10H7Br2Cl2N3/c1-5(11)7-4-17(16-15-7)8-3-2-6(12)9(13)10(8)14/h2-5H,1H3. The minimum absolute atomic E-state index is 0.140. The van der Waals surface area contributed by atoms with Crippen molar-refractivity contribution in [3.63, 3.8) is 0 Å². The number of alkyl halides is 1. The molecule has 0 amide bonds. The Morgan fingerprint density at radius 3 is 2.59 bits per heavy atom. The topological polar surface area (TPSA) is 30.7 Å². The summed E-state index contributed by atoms with van der Waals surface area (Å²) < 4.78 is 2.36. The molecule has 1 unspecified atom stereocenters. The lowest BCUT2D eigenvalue weighted by atomic mass is 10.3. The van der Waals surface area contributed by atoms with E-state index in [0.29, 0.717) is 15.7 Å². The molecule has 0 saturated heterocycles. The summed E-state index contributed by atoms with van der Waals surface area (Å²) in [5.41, 5.74) is 1.53. The monoisotopic (exact) mass is 397 g/mol. The normalized spacial score (nSPS) is 12.8. The predicted molar refractivity (Wildman–Crippen MR) is 76.4 cm³/mol. The van der Waals surface area contributed by atoms with E-state index < -0.39 is 0 Å². The fourth-order valence-electron chi connectivity index (χ4n) is 1.27. The molecule has 1 atom stereocenters. The van der Waals surface area contributed by atoms with Crippen molar-refractivity contribution in [3.8, 4) is 5.69 Å². The van der Waals surface area contributed by atoms with Gasteiger partial charge in [0.15, 0.2) is 0 Å². The van der Waals surface area contributed by atoms with Gasteiger partial charge in [-0.05, 0) is 35.0 Å². The van der Waals surface area contributed by atoms with E-state index in [-0.39, 0.29) is 4.83 Å². The van der Waals surface area contributed by atoms with E-state index >= 15 is 0 Å². The lowest BCUT2D eigenvalue weighted by molar-refractivity contribution is 0.797. The number of halogens is 4. The first-order chi connectivity index (χ1) is 8.00. The van der Waals surface area contributed by atoms with Crippen LogP contribution >= 0.6 is 55.1 Å². The molecule has 0 saturated carbocycles. The first-order valence-corrected chi connectivity index (χ1v) is 7.17. The second-order valence-corrected chi connectivity index (χ2v) is 6.38. The van der Waals surface area contributed by atoms with Crippen LogP contribution in [0.3, 0.4) is 0 Å². The molecule has 1 aromatic heterocycles. The van der Waals surface area contributed by atoms with Crippen LogP contribution in [-0.2, 0) is 0 Å². The lowest BCUT2D eigenvalue weighted by Gasteiger charge is -2.06. The van der Waals surface area contributed by atoms with Gasteiger partial charge in [0.05, 0.1) is 32.5 Å². The van der Waals surface area contributed by atoms with Gasteiger partial charge in [0.1, 0.15) is 0 Å². The van der Waals surface area contributed by atoms with Crippen LogP contribution in [0.1, 0.15) is 17.4 Å². The number of hydrogen-bond donors (Lipinski definition) is 0. The Morgan fingerprint density at radius 1 is 1.29 bits per heavy atom. The summed E-state index contributed by atoms with van der Waals surface area (Å²) >= 11 is 19.0. The molecule has 0 bridgehead atoms. The van der Waals surface area contributed by atoms with Crippen LogP contribution in [0.15, 0.2) is 22.8 Å². The van der Waals surface area contributed by atoms with Crippen LogP contribution in [0.25, 0.3) is 5.69 Å². The van der Waals surface area contributed by atoms with Crippen molar-refractivity contribution in [2.24, 2.45) is 0 Å². The summed E-state index contributed by atoms with van der Waals surface area (Å²) in [6, 6.07) is 3.65. The summed E-state index contributed by atoms with van der Waals surface area (Å²) in [6.45, 7) is 1.98. The van der Waals surface area contributed by atoms with Crippen molar-refractivity contribution in [3.05, 3.63) is 38.5 Å². The smallest absolute Gasteiger partial charge is 0.0965 e. The molecule has 90 valence electrons. The average Bonchev–Trinajstić information content (AvgIpc) is 2.75. The zero-order valence-electron chi connectivity index (χ0n) is 8.66. The molecule has 0 spiro atoms. The first kappa shape index (κ1) is 13.3. The predicted octanol–water partition coefficient (Wildman–Crippen LogP) is 4.79. The van der Waals surface area contributed by atoms with Crippen molar-refractivity contribution in [1.82, 2.24) is 15.0 Å². The third-order valence-electron chi connectivity index (χ3n) is 2.18. The minimum atomic E-state index is 0.140. The van der Waals surface area contributed by atoms with Gasteiger partial charge in [-0.15, -0.1) is 5.10 Å². The summed E-state index contributed by atoms with van der Waals surface area (Å²) in [6.07, 6.45) is 1.81. The summed E-state index contributed by atoms with van der Waals surface area (Å²) in [7, 11) is 0. The summed E-state index contributed by atoms with van der Waals surface area (Å²) in [5.74, 6) is 0. The third kappa shape index (κ3) is 2.67. The first-order valence-electron chi connectivity index (χ1n) is 4.71. The van der Waals surface area contributed by atoms with Gasteiger partial charge in [-0.2, -0.15) is 0 Å². The molecule has 2 aromatic rings. The van der Waals surface area contributed by atoms with Gasteiger partial charge < -0.3 is 0 Å². The SMILES string of the molecule is CC(Br)c1cn(-c2ccc(Br)c(Cl)c2Cl)nn1. The van der Waals surface area contributed by atoms with E-state index in [1.807, 2.05) is 25.3 Å². The number of benzene rings is 1. The van der Waals surface area contributed by atoms with Gasteiger partial charge in [-0.25, -0.2) is 4.68 Å². The third-order valence-corrected chi connectivity index (χ3v) is 4.41. The van der Waals surface area contributed by atoms with Crippen LogP contribution in [0.4, 0.5) is 0 Å². The summed E-state index contributed by atoms with van der Waals surface area (Å²) in [5, 5.41) is 8.97. The molecule has 0 aliphatic carbocycles. The van der Waals surface area contributed by atoms with E-state index in [1.165, 1.54) is 0 Å². The molecular weight excluding hydrogens is 393 g/mol. The van der Waals surface area contributed by atoms with Crippen LogP contribution < -0.4 is 0 Å². The van der Waals surface area contributed by atoms with Gasteiger partial charge in [-0.1, -0.05) is 44.3 Å². The second kappa shape index (κ2) is 5.26. The van der Waals surface area contributed by atoms with E-state index in [0.717, 1.165) is 10.2 Å². The largest absolute Gasteiger partial charge is 0.219 e. The minimum Gasteiger partial charge on any atom is -0.219 e. The van der Waals surface area contributed by atoms with Gasteiger partial charge in [0, 0.05) is 4.47 Å². The van der Waals surface area contributed by atoms with E-state index in [2.05, 4.69) is 42.2 Å². The Hall–Kier alpha value is -0.100. The zero-order chi connectivity index (χ0) is 12.6. The maximum atomic E-state index is 6.16. The summed E-state index contributed by atoms with van der Waals surface area (Å²) in [4.78, 5) is 0.140. The molecule has 0 N–H and O–H groups in total. The molecule has 0 radical (unpaired) electrons. The lowest BCUT2D eigenvalue weighted by Crippen LogP contribution is -1.96. The van der Waals surface area contributed by atoms with Crippen molar-refractivity contribution in [2.45, 2.75) is 11.8 Å². The quantitative estimate of drug-likeness (QED) is 0.536. The molecule has 17 heavy (non-hydrogen) atoms. The fourth-order valence-corrected chi connectivity index (χ4v) is 2.33. The van der Waals surface area contributed by atoms with Gasteiger partial charge in [0.2, 0.25) is 0 Å². The van der Waals surface area contributed by atoms with Gasteiger partial charge in [-0.3, -0.25) is 0 Å². The highest BCUT2D eigenvalue weighted by Gasteiger charge is 2.13. The number of aromatic nitrogens is 3. The van der Waals surface area contributed by atoms with E-state index in [4.69, 9.17) is 23.2 Å². The van der Waals surface area contributed by atoms with Crippen LogP contribution in [0.5, 0.6) is 0 Å². The molecule has 0 fully saturated rings. The molecule has 0 aliphatic rings. The van der Waals surface area contributed by atoms with Crippen molar-refractivity contribution in [2.75, 3.05) is 0 Å². The molecule has 7 heteroatoms. The van der Waals surface area contributed by atoms with Crippen LogP contribution in [-0.4, -0.2) is 15.0 Å². The molecule has 2 rings (SSSR count). The molecular formula is C10H7Br2Cl2N3. The number of hydrogen-bond acceptors (Lipinski definition) is 2. The van der Waals surface area contributed by atoms with Crippen LogP contribution in [0.2, 0.25) is 10.0 Å². The van der Waals surface area contributed by atoms with Gasteiger partial charge in [0.25, 0.3) is 0 Å². The van der Waals surface area contributed by atoms with Crippen molar-refractivity contribution < 1.29 is 0 Å². The number of nitrogens with zero attached hydrogens (tertiary/aromatic N) is 3. The maximum absolute atomic E-state index is 6.16. The van der Waals surface area contributed by atoms with Crippen molar-refractivity contribution >= 4 is 55.1 Å². The molecule has 1 heterocycles. The van der Waals surface area contributed by atoms with Gasteiger partial charge >= 0.3 is 0 Å². The Balaban J connectivity index is 2.49. The highest BCUT2D eigenvalue weighted by molar-refractivity contribution is 9.10.